The average molecular weight is 263 g/mol. The summed E-state index contributed by atoms with van der Waals surface area (Å²) in [6, 6.07) is 8.61. The lowest BCUT2D eigenvalue weighted by Gasteiger charge is -2.27. The molecule has 2 unspecified atom stereocenters. The van der Waals surface area contributed by atoms with Gasteiger partial charge in [0.1, 0.15) is 5.75 Å². The van der Waals surface area contributed by atoms with E-state index in [0.717, 1.165) is 12.3 Å². The largest absolute Gasteiger partial charge is 0.494 e. The summed E-state index contributed by atoms with van der Waals surface area (Å²) in [6.07, 6.45) is 2.83. The quantitative estimate of drug-likeness (QED) is 0.781. The summed E-state index contributed by atoms with van der Waals surface area (Å²) in [4.78, 5) is 0. The fraction of sp³-hybridized carbons (Fsp3) is 0.625. The molecule has 0 bridgehead atoms. The maximum atomic E-state index is 5.74. The molecule has 0 aromatic heterocycles. The van der Waals surface area contributed by atoms with Crippen LogP contribution in [0.5, 0.6) is 5.75 Å². The van der Waals surface area contributed by atoms with Crippen molar-refractivity contribution in [1.82, 2.24) is 5.32 Å². The van der Waals surface area contributed by atoms with Crippen molar-refractivity contribution in [2.24, 2.45) is 5.92 Å². The Kier molecular flexibility index (Phi) is 5.23. The highest BCUT2D eigenvalue weighted by Crippen LogP contribution is 2.40. The molecule has 0 amide bonds. The predicted molar refractivity (Wildman–Crippen MR) is 77.5 cm³/mol. The molecule has 3 heteroatoms. The average Bonchev–Trinajstić information content (AvgIpc) is 3.24. The Hall–Kier alpha value is -1.06. The Morgan fingerprint density at radius 2 is 2.11 bits per heavy atom. The molecule has 1 saturated carbocycles. The number of hydrogen-bond acceptors (Lipinski definition) is 3. The van der Waals surface area contributed by atoms with E-state index in [1.807, 2.05) is 20.1 Å². The van der Waals surface area contributed by atoms with E-state index < -0.39 is 0 Å². The van der Waals surface area contributed by atoms with Crippen LogP contribution < -0.4 is 10.1 Å². The molecule has 0 saturated heterocycles. The molecule has 1 fully saturated rings. The summed E-state index contributed by atoms with van der Waals surface area (Å²) in [5.41, 5.74) is 1.26. The van der Waals surface area contributed by atoms with Gasteiger partial charge in [-0.1, -0.05) is 19.1 Å². The maximum Gasteiger partial charge on any atom is 0.119 e. The van der Waals surface area contributed by atoms with E-state index in [0.29, 0.717) is 12.5 Å². The number of ether oxygens (including phenoxy) is 2. The van der Waals surface area contributed by atoms with Gasteiger partial charge >= 0.3 is 0 Å². The lowest BCUT2D eigenvalue weighted by Crippen LogP contribution is -2.34. The Morgan fingerprint density at radius 3 is 2.68 bits per heavy atom. The van der Waals surface area contributed by atoms with Gasteiger partial charge in [0.2, 0.25) is 0 Å². The molecule has 0 heterocycles. The van der Waals surface area contributed by atoms with E-state index in [1.165, 1.54) is 18.4 Å². The van der Waals surface area contributed by atoms with Gasteiger partial charge in [-0.15, -0.1) is 0 Å². The van der Waals surface area contributed by atoms with E-state index in [1.54, 1.807) is 0 Å². The molecule has 106 valence electrons. The van der Waals surface area contributed by atoms with Crippen molar-refractivity contribution in [2.75, 3.05) is 20.3 Å². The number of likely N-dealkylation sites (N-methyl/N-ethyl adjacent to an activating group) is 1. The van der Waals surface area contributed by atoms with Crippen LogP contribution in [0.15, 0.2) is 24.3 Å². The van der Waals surface area contributed by atoms with Crippen molar-refractivity contribution < 1.29 is 9.47 Å². The van der Waals surface area contributed by atoms with Gasteiger partial charge in [0, 0.05) is 7.11 Å². The number of methoxy groups -OCH3 is 1. The minimum absolute atomic E-state index is 0.253. The molecule has 1 aliphatic carbocycles. The topological polar surface area (TPSA) is 30.5 Å². The lowest BCUT2D eigenvalue weighted by atomic mass is 9.97. The van der Waals surface area contributed by atoms with Crippen LogP contribution in [0.2, 0.25) is 0 Å². The van der Waals surface area contributed by atoms with Crippen LogP contribution in [0, 0.1) is 5.92 Å². The minimum atomic E-state index is 0.253. The Morgan fingerprint density at radius 1 is 1.32 bits per heavy atom. The zero-order chi connectivity index (χ0) is 13.7. The number of hydrogen-bond donors (Lipinski definition) is 1. The molecule has 2 atom stereocenters. The van der Waals surface area contributed by atoms with E-state index >= 15 is 0 Å². The minimum Gasteiger partial charge on any atom is -0.494 e. The van der Waals surface area contributed by atoms with E-state index in [9.17, 15) is 0 Å². The van der Waals surface area contributed by atoms with Crippen LogP contribution in [-0.4, -0.2) is 26.4 Å². The van der Waals surface area contributed by atoms with Crippen LogP contribution in [0.3, 0.4) is 0 Å². The smallest absolute Gasteiger partial charge is 0.119 e. The third-order valence-corrected chi connectivity index (χ3v) is 3.64. The number of nitrogens with one attached hydrogen (secondary N) is 1. The maximum absolute atomic E-state index is 5.74. The molecule has 1 aromatic carbocycles. The second kappa shape index (κ2) is 6.92. The third-order valence-electron chi connectivity index (χ3n) is 3.64. The molecule has 0 spiro atoms. The van der Waals surface area contributed by atoms with Gasteiger partial charge in [-0.25, -0.2) is 0 Å². The summed E-state index contributed by atoms with van der Waals surface area (Å²) in [7, 11) is 1.82. The van der Waals surface area contributed by atoms with Crippen LogP contribution in [0.1, 0.15) is 38.3 Å². The highest BCUT2D eigenvalue weighted by Gasteiger charge is 2.37. The van der Waals surface area contributed by atoms with Crippen LogP contribution in [-0.2, 0) is 4.74 Å². The monoisotopic (exact) mass is 263 g/mol. The van der Waals surface area contributed by atoms with Gasteiger partial charge < -0.3 is 14.8 Å². The van der Waals surface area contributed by atoms with Crippen LogP contribution >= 0.6 is 0 Å². The van der Waals surface area contributed by atoms with Crippen molar-refractivity contribution >= 4 is 0 Å². The fourth-order valence-electron chi connectivity index (χ4n) is 2.63. The van der Waals surface area contributed by atoms with Crippen molar-refractivity contribution in [3.05, 3.63) is 29.8 Å². The zero-order valence-corrected chi connectivity index (χ0v) is 12.2. The first-order valence-electron chi connectivity index (χ1n) is 7.29. The van der Waals surface area contributed by atoms with Gasteiger partial charge in [-0.3, -0.25) is 0 Å². The summed E-state index contributed by atoms with van der Waals surface area (Å²) in [5.74, 6) is 1.64. The van der Waals surface area contributed by atoms with Crippen molar-refractivity contribution in [3.8, 4) is 5.75 Å². The van der Waals surface area contributed by atoms with Crippen molar-refractivity contribution in [1.29, 1.82) is 0 Å². The molecule has 0 radical (unpaired) electrons. The molecule has 2 rings (SSSR count). The molecular weight excluding hydrogens is 238 g/mol. The normalized spacial score (nSPS) is 18.1. The van der Waals surface area contributed by atoms with Crippen molar-refractivity contribution in [2.45, 2.75) is 38.8 Å². The Labute approximate surface area is 116 Å². The second-order valence-corrected chi connectivity index (χ2v) is 5.08. The lowest BCUT2D eigenvalue weighted by molar-refractivity contribution is 0.0511. The van der Waals surface area contributed by atoms with E-state index in [4.69, 9.17) is 9.47 Å². The first-order chi connectivity index (χ1) is 9.30. The molecule has 1 N–H and O–H groups in total. The van der Waals surface area contributed by atoms with Crippen molar-refractivity contribution in [3.63, 3.8) is 0 Å². The molecule has 1 aromatic rings. The van der Waals surface area contributed by atoms with Gasteiger partial charge in [0.05, 0.1) is 18.8 Å². The van der Waals surface area contributed by atoms with Crippen LogP contribution in [0.4, 0.5) is 0 Å². The highest BCUT2D eigenvalue weighted by molar-refractivity contribution is 5.31. The SMILES string of the molecule is CCNC(c1cccc(OCC)c1)C(OC)C1CC1. The van der Waals surface area contributed by atoms with Gasteiger partial charge in [-0.2, -0.15) is 0 Å². The van der Waals surface area contributed by atoms with Crippen LogP contribution in [0.25, 0.3) is 0 Å². The molecule has 1 aliphatic rings. The molecular formula is C16H25NO2. The number of rotatable bonds is 8. The summed E-state index contributed by atoms with van der Waals surface area (Å²) in [5, 5.41) is 3.56. The Bertz CT molecular complexity index is 390. The first-order valence-corrected chi connectivity index (χ1v) is 7.29. The molecule has 0 aliphatic heterocycles. The fourth-order valence-corrected chi connectivity index (χ4v) is 2.63. The molecule has 3 nitrogen and oxygen atoms in total. The first kappa shape index (κ1) is 14.4. The van der Waals surface area contributed by atoms with Gasteiger partial charge in [-0.05, 0) is 49.9 Å². The Balaban J connectivity index is 2.19. The van der Waals surface area contributed by atoms with E-state index in [2.05, 4.69) is 30.4 Å². The summed E-state index contributed by atoms with van der Waals surface area (Å²) in [6.45, 7) is 5.79. The van der Waals surface area contributed by atoms with Gasteiger partial charge in [0.25, 0.3) is 0 Å². The number of benzene rings is 1. The van der Waals surface area contributed by atoms with E-state index in [-0.39, 0.29) is 12.1 Å². The summed E-state index contributed by atoms with van der Waals surface area (Å²) >= 11 is 0. The second-order valence-electron chi connectivity index (χ2n) is 5.08. The summed E-state index contributed by atoms with van der Waals surface area (Å²) < 4.78 is 11.3. The third kappa shape index (κ3) is 3.71. The zero-order valence-electron chi connectivity index (χ0n) is 12.2. The highest BCUT2D eigenvalue weighted by atomic mass is 16.5. The van der Waals surface area contributed by atoms with Gasteiger partial charge in [0.15, 0.2) is 0 Å². The molecule has 19 heavy (non-hydrogen) atoms. The predicted octanol–water partition coefficient (Wildman–Crippen LogP) is 3.16. The standard InChI is InChI=1S/C16H25NO2/c1-4-17-15(16(18-3)12-9-10-12)13-7-6-8-14(11-13)19-5-2/h6-8,11-12,15-17H,4-5,9-10H2,1-3H3.